The average Bonchev–Trinajstić information content (AvgIpc) is 2.78. The van der Waals surface area contributed by atoms with Crippen molar-refractivity contribution in [2.24, 2.45) is 28.6 Å². The van der Waals surface area contributed by atoms with Crippen LogP contribution in [0.1, 0.15) is 33.6 Å². The molecule has 1 aliphatic rings. The Balaban J connectivity index is 2.65. The molecule has 0 aromatic rings. The average molecular weight is 241 g/mol. The monoisotopic (exact) mass is 241 g/mol. The second-order valence-corrected chi connectivity index (χ2v) is 5.06. The van der Waals surface area contributed by atoms with Gasteiger partial charge < -0.3 is 15.8 Å². The highest BCUT2D eigenvalue weighted by Gasteiger charge is 2.32. The highest BCUT2D eigenvalue weighted by atomic mass is 16.4. The van der Waals surface area contributed by atoms with Crippen molar-refractivity contribution in [2.45, 2.75) is 33.6 Å². The van der Waals surface area contributed by atoms with E-state index in [0.717, 1.165) is 19.5 Å². The van der Waals surface area contributed by atoms with Crippen molar-refractivity contribution in [2.75, 3.05) is 13.1 Å². The molecule has 1 heterocycles. The maximum absolute atomic E-state index is 12.2. The molecular weight excluding hydrogens is 218 g/mol. The minimum Gasteiger partial charge on any atom is -0.409 e. The summed E-state index contributed by atoms with van der Waals surface area (Å²) in [5, 5.41) is 11.6. The zero-order valence-electron chi connectivity index (χ0n) is 10.9. The van der Waals surface area contributed by atoms with E-state index < -0.39 is 5.92 Å². The van der Waals surface area contributed by atoms with Crippen molar-refractivity contribution in [1.29, 1.82) is 0 Å². The van der Waals surface area contributed by atoms with Gasteiger partial charge in [0.2, 0.25) is 5.91 Å². The Morgan fingerprint density at radius 3 is 2.65 bits per heavy atom. The molecule has 1 fully saturated rings. The van der Waals surface area contributed by atoms with Gasteiger partial charge in [0, 0.05) is 13.1 Å². The van der Waals surface area contributed by atoms with Crippen molar-refractivity contribution < 1.29 is 10.0 Å². The standard InChI is InChI=1S/C12H23N3O2/c1-4-10(11(13)14-17)12(16)15-6-5-9(7-15)8(2)3/h8-10,17H,4-7H2,1-3H3,(H2,13,14). The number of likely N-dealkylation sites (tertiary alicyclic amines) is 1. The molecule has 98 valence electrons. The van der Waals surface area contributed by atoms with Crippen LogP contribution >= 0.6 is 0 Å². The number of carbonyl (C=O) groups is 1. The van der Waals surface area contributed by atoms with Crippen LogP contribution in [0.15, 0.2) is 5.16 Å². The Morgan fingerprint density at radius 1 is 1.59 bits per heavy atom. The number of hydrogen-bond acceptors (Lipinski definition) is 3. The molecule has 2 unspecified atom stereocenters. The summed E-state index contributed by atoms with van der Waals surface area (Å²) in [5.41, 5.74) is 5.54. The number of carbonyl (C=O) groups excluding carboxylic acids is 1. The van der Waals surface area contributed by atoms with Gasteiger partial charge in [-0.05, 0) is 24.7 Å². The number of rotatable bonds is 4. The third-order valence-corrected chi connectivity index (χ3v) is 3.66. The van der Waals surface area contributed by atoms with Crippen LogP contribution in [-0.4, -0.2) is 34.9 Å². The predicted molar refractivity (Wildman–Crippen MR) is 66.7 cm³/mol. The van der Waals surface area contributed by atoms with Gasteiger partial charge in [0.05, 0.1) is 5.92 Å². The Bertz CT molecular complexity index is 302. The topological polar surface area (TPSA) is 78.9 Å². The highest BCUT2D eigenvalue weighted by molar-refractivity contribution is 6.02. The van der Waals surface area contributed by atoms with E-state index in [1.54, 1.807) is 0 Å². The summed E-state index contributed by atoms with van der Waals surface area (Å²) in [5.74, 6) is 0.697. The fraction of sp³-hybridized carbons (Fsp3) is 0.833. The third-order valence-electron chi connectivity index (χ3n) is 3.66. The Hall–Kier alpha value is -1.26. The Morgan fingerprint density at radius 2 is 2.24 bits per heavy atom. The van der Waals surface area contributed by atoms with Gasteiger partial charge in [0.25, 0.3) is 0 Å². The highest BCUT2D eigenvalue weighted by Crippen LogP contribution is 2.25. The minimum absolute atomic E-state index is 0.00838. The summed E-state index contributed by atoms with van der Waals surface area (Å²) < 4.78 is 0. The first-order chi connectivity index (χ1) is 8.01. The number of amidine groups is 1. The summed E-state index contributed by atoms with van der Waals surface area (Å²) in [6, 6.07) is 0. The molecule has 0 spiro atoms. The van der Waals surface area contributed by atoms with Crippen molar-refractivity contribution in [3.05, 3.63) is 0 Å². The molecule has 3 N–H and O–H groups in total. The van der Waals surface area contributed by atoms with Gasteiger partial charge in [-0.1, -0.05) is 25.9 Å². The lowest BCUT2D eigenvalue weighted by atomic mass is 9.95. The molecular formula is C12H23N3O2. The second-order valence-electron chi connectivity index (χ2n) is 5.06. The van der Waals surface area contributed by atoms with Gasteiger partial charge in [-0.3, -0.25) is 4.79 Å². The second kappa shape index (κ2) is 5.89. The van der Waals surface area contributed by atoms with Gasteiger partial charge >= 0.3 is 0 Å². The fourth-order valence-corrected chi connectivity index (χ4v) is 2.33. The van der Waals surface area contributed by atoms with Gasteiger partial charge in [0.1, 0.15) is 0 Å². The molecule has 1 amide bonds. The van der Waals surface area contributed by atoms with Crippen LogP contribution in [0.3, 0.4) is 0 Å². The number of oxime groups is 1. The lowest BCUT2D eigenvalue weighted by Gasteiger charge is -2.22. The molecule has 2 atom stereocenters. The zero-order valence-corrected chi connectivity index (χ0v) is 10.9. The van der Waals surface area contributed by atoms with Gasteiger partial charge in [-0.25, -0.2) is 0 Å². The lowest BCUT2D eigenvalue weighted by Crippen LogP contribution is -2.40. The quantitative estimate of drug-likeness (QED) is 0.336. The maximum Gasteiger partial charge on any atom is 0.233 e. The van der Waals surface area contributed by atoms with E-state index in [4.69, 9.17) is 10.9 Å². The van der Waals surface area contributed by atoms with Crippen LogP contribution in [-0.2, 0) is 4.79 Å². The largest absolute Gasteiger partial charge is 0.409 e. The van der Waals surface area contributed by atoms with E-state index in [1.807, 2.05) is 11.8 Å². The molecule has 0 radical (unpaired) electrons. The zero-order chi connectivity index (χ0) is 13.0. The summed E-state index contributed by atoms with van der Waals surface area (Å²) in [4.78, 5) is 14.0. The molecule has 17 heavy (non-hydrogen) atoms. The van der Waals surface area contributed by atoms with Gasteiger partial charge in [-0.2, -0.15) is 0 Å². The van der Waals surface area contributed by atoms with E-state index in [0.29, 0.717) is 18.3 Å². The van der Waals surface area contributed by atoms with E-state index in [9.17, 15) is 4.79 Å². The smallest absolute Gasteiger partial charge is 0.233 e. The van der Waals surface area contributed by atoms with E-state index in [1.165, 1.54) is 0 Å². The summed E-state index contributed by atoms with van der Waals surface area (Å²) in [6.07, 6.45) is 1.62. The molecule has 0 aromatic carbocycles. The third kappa shape index (κ3) is 3.11. The van der Waals surface area contributed by atoms with Crippen LogP contribution in [0.4, 0.5) is 0 Å². The number of nitrogens with zero attached hydrogens (tertiary/aromatic N) is 2. The predicted octanol–water partition coefficient (Wildman–Crippen LogP) is 1.26. The summed E-state index contributed by atoms with van der Waals surface area (Å²) in [7, 11) is 0. The summed E-state index contributed by atoms with van der Waals surface area (Å²) in [6.45, 7) is 7.82. The Kier molecular flexibility index (Phi) is 4.78. The van der Waals surface area contributed by atoms with Crippen molar-refractivity contribution >= 4 is 11.7 Å². The Labute approximate surface area is 103 Å². The van der Waals surface area contributed by atoms with Crippen LogP contribution in [0, 0.1) is 17.8 Å². The molecule has 5 nitrogen and oxygen atoms in total. The van der Waals surface area contributed by atoms with Crippen molar-refractivity contribution in [3.8, 4) is 0 Å². The minimum atomic E-state index is -0.481. The van der Waals surface area contributed by atoms with E-state index >= 15 is 0 Å². The number of hydrogen-bond donors (Lipinski definition) is 2. The molecule has 5 heteroatoms. The first-order valence-electron chi connectivity index (χ1n) is 6.27. The SMILES string of the molecule is CCC(C(=O)N1CCC(C(C)C)C1)C(N)=NO. The number of nitrogens with two attached hydrogens (primary N) is 1. The van der Waals surface area contributed by atoms with Gasteiger partial charge in [0.15, 0.2) is 5.84 Å². The molecule has 0 bridgehead atoms. The lowest BCUT2D eigenvalue weighted by molar-refractivity contribution is -0.132. The van der Waals surface area contributed by atoms with Crippen LogP contribution in [0.5, 0.6) is 0 Å². The molecule has 1 saturated heterocycles. The summed E-state index contributed by atoms with van der Waals surface area (Å²) >= 11 is 0. The van der Waals surface area contributed by atoms with Crippen LogP contribution in [0.25, 0.3) is 0 Å². The van der Waals surface area contributed by atoms with Crippen molar-refractivity contribution in [1.82, 2.24) is 4.90 Å². The molecule has 1 rings (SSSR count). The molecule has 0 aliphatic carbocycles. The maximum atomic E-state index is 12.2. The van der Waals surface area contributed by atoms with E-state index in [-0.39, 0.29) is 11.7 Å². The molecule has 0 aromatic heterocycles. The first-order valence-corrected chi connectivity index (χ1v) is 6.27. The van der Waals surface area contributed by atoms with E-state index in [2.05, 4.69) is 19.0 Å². The fourth-order valence-electron chi connectivity index (χ4n) is 2.33. The normalized spacial score (nSPS) is 23.2. The molecule has 1 aliphatic heterocycles. The van der Waals surface area contributed by atoms with Crippen LogP contribution in [0.2, 0.25) is 0 Å². The van der Waals surface area contributed by atoms with Crippen molar-refractivity contribution in [3.63, 3.8) is 0 Å². The first kappa shape index (κ1) is 13.8. The number of amides is 1. The molecule has 0 saturated carbocycles. The van der Waals surface area contributed by atoms with Gasteiger partial charge in [-0.15, -0.1) is 0 Å². The van der Waals surface area contributed by atoms with Crippen LogP contribution < -0.4 is 5.73 Å².